The van der Waals surface area contributed by atoms with Crippen molar-refractivity contribution in [2.45, 2.75) is 38.3 Å². The minimum absolute atomic E-state index is 0.342. The summed E-state index contributed by atoms with van der Waals surface area (Å²) < 4.78 is 11.4. The molecule has 2 aromatic carbocycles. The van der Waals surface area contributed by atoms with Crippen LogP contribution in [-0.4, -0.2) is 7.11 Å². The van der Waals surface area contributed by atoms with Gasteiger partial charge in [-0.1, -0.05) is 43.7 Å². The number of para-hydroxylation sites is 1. The van der Waals surface area contributed by atoms with Gasteiger partial charge in [-0.05, 0) is 30.2 Å². The SMILES string of the molecule is CCCCc1oc2ccccc2c1C1NC1c1ccc(OC)cc1. The molecule has 124 valence electrons. The van der Waals surface area contributed by atoms with E-state index in [-0.39, 0.29) is 0 Å². The summed E-state index contributed by atoms with van der Waals surface area (Å²) in [5.74, 6) is 2.04. The van der Waals surface area contributed by atoms with Gasteiger partial charge in [-0.15, -0.1) is 0 Å². The number of ether oxygens (including phenoxy) is 1. The van der Waals surface area contributed by atoms with Crippen LogP contribution >= 0.6 is 0 Å². The largest absolute Gasteiger partial charge is 0.497 e. The Labute approximate surface area is 142 Å². The molecule has 1 saturated heterocycles. The first-order valence-corrected chi connectivity index (χ1v) is 8.72. The molecule has 3 aromatic rings. The summed E-state index contributed by atoms with van der Waals surface area (Å²) in [5.41, 5.74) is 3.65. The van der Waals surface area contributed by atoms with Crippen LogP contribution in [0.4, 0.5) is 0 Å². The van der Waals surface area contributed by atoms with Crippen molar-refractivity contribution in [2.24, 2.45) is 0 Å². The number of nitrogens with one attached hydrogen (secondary N) is 1. The molecule has 3 heteroatoms. The van der Waals surface area contributed by atoms with Gasteiger partial charge in [-0.3, -0.25) is 5.32 Å². The van der Waals surface area contributed by atoms with Crippen molar-refractivity contribution in [3.8, 4) is 5.75 Å². The fourth-order valence-electron chi connectivity index (χ4n) is 3.47. The fourth-order valence-corrected chi connectivity index (χ4v) is 3.47. The van der Waals surface area contributed by atoms with Crippen molar-refractivity contribution in [3.63, 3.8) is 0 Å². The first-order chi connectivity index (χ1) is 11.8. The van der Waals surface area contributed by atoms with Crippen LogP contribution in [0.2, 0.25) is 0 Å². The zero-order valence-corrected chi connectivity index (χ0v) is 14.2. The Balaban J connectivity index is 1.66. The molecule has 2 unspecified atom stereocenters. The number of rotatable bonds is 6. The van der Waals surface area contributed by atoms with Crippen molar-refractivity contribution in [3.05, 3.63) is 65.4 Å². The maximum atomic E-state index is 6.16. The Morgan fingerprint density at radius 3 is 2.58 bits per heavy atom. The van der Waals surface area contributed by atoms with Crippen molar-refractivity contribution in [1.82, 2.24) is 5.32 Å². The summed E-state index contributed by atoms with van der Waals surface area (Å²) >= 11 is 0. The fraction of sp³-hybridized carbons (Fsp3) is 0.333. The van der Waals surface area contributed by atoms with Gasteiger partial charge >= 0.3 is 0 Å². The van der Waals surface area contributed by atoms with E-state index in [0.717, 1.165) is 29.9 Å². The Morgan fingerprint density at radius 2 is 1.83 bits per heavy atom. The third kappa shape index (κ3) is 2.69. The van der Waals surface area contributed by atoms with Crippen molar-refractivity contribution < 1.29 is 9.15 Å². The molecule has 1 aromatic heterocycles. The highest BCUT2D eigenvalue weighted by molar-refractivity contribution is 5.83. The van der Waals surface area contributed by atoms with E-state index in [1.165, 1.54) is 22.9 Å². The molecule has 0 aliphatic carbocycles. The standard InChI is InChI=1S/C21H23NO2/c1-3-4-8-18-19(16-7-5-6-9-17(16)24-18)21-20(22-21)14-10-12-15(23-2)13-11-14/h5-7,9-13,20-22H,3-4,8H2,1-2H3. The summed E-state index contributed by atoms with van der Waals surface area (Å²) in [5, 5.41) is 4.88. The highest BCUT2D eigenvalue weighted by Crippen LogP contribution is 2.47. The van der Waals surface area contributed by atoms with Gasteiger partial charge in [0.15, 0.2) is 0 Å². The van der Waals surface area contributed by atoms with Gasteiger partial charge in [-0.25, -0.2) is 0 Å². The second-order valence-electron chi connectivity index (χ2n) is 6.43. The Bertz CT molecular complexity index is 835. The summed E-state index contributed by atoms with van der Waals surface area (Å²) in [6.45, 7) is 2.22. The van der Waals surface area contributed by atoms with Crippen LogP contribution in [-0.2, 0) is 6.42 Å². The van der Waals surface area contributed by atoms with Crippen LogP contribution in [0, 0.1) is 0 Å². The molecule has 0 radical (unpaired) electrons. The molecular formula is C21H23NO2. The summed E-state index contributed by atoms with van der Waals surface area (Å²) in [6.07, 6.45) is 3.34. The lowest BCUT2D eigenvalue weighted by molar-refractivity contribution is 0.414. The zero-order valence-electron chi connectivity index (χ0n) is 14.2. The van der Waals surface area contributed by atoms with E-state index in [2.05, 4.69) is 42.6 Å². The van der Waals surface area contributed by atoms with Gasteiger partial charge in [-0.2, -0.15) is 0 Å². The molecule has 4 rings (SSSR count). The number of methoxy groups -OCH3 is 1. The molecule has 0 amide bonds. The highest BCUT2D eigenvalue weighted by atomic mass is 16.5. The predicted molar refractivity (Wildman–Crippen MR) is 96.4 cm³/mol. The highest BCUT2D eigenvalue weighted by Gasteiger charge is 2.42. The number of unbranched alkanes of at least 4 members (excludes halogenated alkanes) is 1. The van der Waals surface area contributed by atoms with E-state index in [1.807, 2.05) is 18.2 Å². The van der Waals surface area contributed by atoms with Gasteiger partial charge in [0, 0.05) is 17.4 Å². The van der Waals surface area contributed by atoms with Crippen molar-refractivity contribution in [2.75, 3.05) is 7.11 Å². The third-order valence-electron chi connectivity index (χ3n) is 4.84. The lowest BCUT2D eigenvalue weighted by Crippen LogP contribution is -1.91. The van der Waals surface area contributed by atoms with E-state index in [4.69, 9.17) is 9.15 Å². The van der Waals surface area contributed by atoms with Gasteiger partial charge < -0.3 is 9.15 Å². The molecule has 3 nitrogen and oxygen atoms in total. The molecule has 1 N–H and O–H groups in total. The van der Waals surface area contributed by atoms with Crippen LogP contribution < -0.4 is 10.1 Å². The first kappa shape index (κ1) is 15.3. The number of aryl methyl sites for hydroxylation is 1. The smallest absolute Gasteiger partial charge is 0.134 e. The average Bonchev–Trinajstić information content (AvgIpc) is 3.33. The molecule has 1 aliphatic heterocycles. The maximum absolute atomic E-state index is 6.16. The van der Waals surface area contributed by atoms with E-state index in [0.29, 0.717) is 12.1 Å². The molecule has 0 spiro atoms. The monoisotopic (exact) mass is 321 g/mol. The van der Waals surface area contributed by atoms with Gasteiger partial charge in [0.05, 0.1) is 19.2 Å². The van der Waals surface area contributed by atoms with Crippen LogP contribution in [0.15, 0.2) is 52.9 Å². The number of hydrogen-bond acceptors (Lipinski definition) is 3. The second kappa shape index (κ2) is 6.33. The van der Waals surface area contributed by atoms with Crippen LogP contribution in [0.5, 0.6) is 5.75 Å². The van der Waals surface area contributed by atoms with E-state index >= 15 is 0 Å². The molecule has 24 heavy (non-hydrogen) atoms. The lowest BCUT2D eigenvalue weighted by atomic mass is 9.99. The van der Waals surface area contributed by atoms with Crippen molar-refractivity contribution in [1.29, 1.82) is 0 Å². The summed E-state index contributed by atoms with van der Waals surface area (Å²) in [4.78, 5) is 0. The number of hydrogen-bond donors (Lipinski definition) is 1. The molecule has 1 aliphatic rings. The maximum Gasteiger partial charge on any atom is 0.134 e. The minimum Gasteiger partial charge on any atom is -0.497 e. The molecule has 2 heterocycles. The molecule has 2 atom stereocenters. The number of benzene rings is 2. The first-order valence-electron chi connectivity index (χ1n) is 8.72. The molecular weight excluding hydrogens is 298 g/mol. The van der Waals surface area contributed by atoms with E-state index < -0.39 is 0 Å². The average molecular weight is 321 g/mol. The molecule has 1 fully saturated rings. The Kier molecular flexibility index (Phi) is 4.03. The molecule has 0 bridgehead atoms. The lowest BCUT2D eigenvalue weighted by Gasteiger charge is -2.03. The van der Waals surface area contributed by atoms with Gasteiger partial charge in [0.25, 0.3) is 0 Å². The van der Waals surface area contributed by atoms with Gasteiger partial charge in [0.2, 0.25) is 0 Å². The minimum atomic E-state index is 0.342. The Hall–Kier alpha value is -2.26. The normalized spacial score (nSPS) is 19.6. The number of fused-ring (bicyclic) bond motifs is 1. The predicted octanol–water partition coefficient (Wildman–Crippen LogP) is 5.17. The second-order valence-corrected chi connectivity index (χ2v) is 6.43. The van der Waals surface area contributed by atoms with E-state index in [1.54, 1.807) is 7.11 Å². The van der Waals surface area contributed by atoms with E-state index in [9.17, 15) is 0 Å². The van der Waals surface area contributed by atoms with Crippen molar-refractivity contribution >= 4 is 11.0 Å². The number of furan rings is 1. The quantitative estimate of drug-likeness (QED) is 0.637. The topological polar surface area (TPSA) is 44.3 Å². The zero-order chi connectivity index (χ0) is 16.5. The Morgan fingerprint density at radius 1 is 1.04 bits per heavy atom. The summed E-state index contributed by atoms with van der Waals surface area (Å²) in [7, 11) is 1.70. The van der Waals surface area contributed by atoms with Gasteiger partial charge in [0.1, 0.15) is 17.1 Å². The van der Waals surface area contributed by atoms with Crippen LogP contribution in [0.3, 0.4) is 0 Å². The van der Waals surface area contributed by atoms with Crippen LogP contribution in [0.25, 0.3) is 11.0 Å². The summed E-state index contributed by atoms with van der Waals surface area (Å²) in [6, 6.07) is 17.4. The van der Waals surface area contributed by atoms with Crippen LogP contribution in [0.1, 0.15) is 48.7 Å². The third-order valence-corrected chi connectivity index (χ3v) is 4.84. The molecule has 0 saturated carbocycles.